The fraction of sp³-hybridized carbons (Fsp3) is 0.316. The van der Waals surface area contributed by atoms with Crippen molar-refractivity contribution in [3.63, 3.8) is 0 Å². The molecule has 2 aromatic carbocycles. The fourth-order valence-corrected chi connectivity index (χ4v) is 4.21. The number of hydrogen-bond donors (Lipinski definition) is 0. The smallest absolute Gasteiger partial charge is 0.120 e. The quantitative estimate of drug-likeness (QED) is 0.586. The maximum absolute atomic E-state index is 5.94. The molecule has 3 aromatic rings. The molecule has 124 valence electrons. The molecule has 2 heterocycles. The minimum absolute atomic E-state index is 0.754. The summed E-state index contributed by atoms with van der Waals surface area (Å²) in [7, 11) is 0. The highest BCUT2D eigenvalue weighted by molar-refractivity contribution is 9.10. The van der Waals surface area contributed by atoms with E-state index in [4.69, 9.17) is 4.74 Å². The number of benzene rings is 2. The second-order valence-corrected chi connectivity index (χ2v) is 7.81. The third kappa shape index (κ3) is 3.48. The summed E-state index contributed by atoms with van der Waals surface area (Å²) in [5, 5.41) is 1.19. The lowest BCUT2D eigenvalue weighted by Gasteiger charge is -2.14. The summed E-state index contributed by atoms with van der Waals surface area (Å²) in [5.74, 6) is 0.938. The molecule has 0 N–H and O–H groups in total. The molecule has 0 saturated carbocycles. The molecule has 3 nitrogen and oxygen atoms in total. The Hall–Kier alpha value is -1.43. The van der Waals surface area contributed by atoms with Gasteiger partial charge in [0.15, 0.2) is 0 Å². The Bertz CT molecular complexity index is 825. The first kappa shape index (κ1) is 16.1. The van der Waals surface area contributed by atoms with Crippen LogP contribution in [0, 0.1) is 0 Å². The molecule has 0 spiro atoms. The lowest BCUT2D eigenvalue weighted by molar-refractivity contribution is 0.238. The Kier molecular flexibility index (Phi) is 4.83. The van der Waals surface area contributed by atoms with Gasteiger partial charge in [-0.1, -0.05) is 28.1 Å². The number of hydrogen-bond acceptors (Lipinski definition) is 4. The van der Waals surface area contributed by atoms with Crippen molar-refractivity contribution in [3.8, 4) is 17.0 Å². The van der Waals surface area contributed by atoms with Crippen LogP contribution in [0.25, 0.3) is 21.3 Å². The van der Waals surface area contributed by atoms with Crippen molar-refractivity contribution >= 4 is 37.5 Å². The second kappa shape index (κ2) is 7.21. The summed E-state index contributed by atoms with van der Waals surface area (Å²) in [6, 6.07) is 14.6. The summed E-state index contributed by atoms with van der Waals surface area (Å²) in [4.78, 5) is 2.47. The molecule has 0 radical (unpaired) electrons. The van der Waals surface area contributed by atoms with Crippen molar-refractivity contribution in [2.75, 3.05) is 26.2 Å². The van der Waals surface area contributed by atoms with Gasteiger partial charge in [-0.3, -0.25) is 4.90 Å². The van der Waals surface area contributed by atoms with Gasteiger partial charge >= 0.3 is 0 Å². The Morgan fingerprint density at radius 1 is 1.08 bits per heavy atom. The van der Waals surface area contributed by atoms with E-state index >= 15 is 0 Å². The highest BCUT2D eigenvalue weighted by Crippen LogP contribution is 2.33. The zero-order valence-electron chi connectivity index (χ0n) is 13.4. The van der Waals surface area contributed by atoms with Crippen molar-refractivity contribution in [1.82, 2.24) is 9.27 Å². The van der Waals surface area contributed by atoms with Gasteiger partial charge in [-0.05, 0) is 67.8 Å². The average Bonchev–Trinajstić information content (AvgIpc) is 3.25. The molecule has 0 unspecified atom stereocenters. The molecule has 1 aliphatic heterocycles. The summed E-state index contributed by atoms with van der Waals surface area (Å²) in [5.41, 5.74) is 2.19. The van der Waals surface area contributed by atoms with Gasteiger partial charge in [-0.2, -0.15) is 4.37 Å². The maximum atomic E-state index is 5.94. The minimum Gasteiger partial charge on any atom is -0.492 e. The van der Waals surface area contributed by atoms with Gasteiger partial charge in [0.1, 0.15) is 12.4 Å². The second-order valence-electron chi connectivity index (χ2n) is 6.09. The number of aromatic nitrogens is 1. The highest BCUT2D eigenvalue weighted by Gasteiger charge is 2.12. The SMILES string of the molecule is Brc1ccc(-c2nsc3cc(OCCN4CCCC4)ccc23)cc1. The van der Waals surface area contributed by atoms with Gasteiger partial charge in [0.25, 0.3) is 0 Å². The van der Waals surface area contributed by atoms with Crippen LogP contribution in [0.4, 0.5) is 0 Å². The Labute approximate surface area is 154 Å². The first-order valence-electron chi connectivity index (χ1n) is 8.30. The Morgan fingerprint density at radius 3 is 2.67 bits per heavy atom. The van der Waals surface area contributed by atoms with Crippen LogP contribution in [-0.2, 0) is 0 Å². The van der Waals surface area contributed by atoms with Gasteiger partial charge in [-0.25, -0.2) is 0 Å². The van der Waals surface area contributed by atoms with Gasteiger partial charge < -0.3 is 4.74 Å². The highest BCUT2D eigenvalue weighted by atomic mass is 79.9. The Morgan fingerprint density at radius 2 is 1.88 bits per heavy atom. The molecular formula is C19H19BrN2OS. The van der Waals surface area contributed by atoms with Crippen LogP contribution < -0.4 is 4.74 Å². The predicted octanol–water partition coefficient (Wildman–Crippen LogP) is 5.20. The lowest BCUT2D eigenvalue weighted by Crippen LogP contribution is -2.25. The van der Waals surface area contributed by atoms with E-state index in [9.17, 15) is 0 Å². The standard InChI is InChI=1S/C19H19BrN2OS/c20-15-5-3-14(4-6-15)19-17-8-7-16(13-18(17)24-21-19)23-12-11-22-9-1-2-10-22/h3-8,13H,1-2,9-12H2. The summed E-state index contributed by atoms with van der Waals surface area (Å²) in [6.07, 6.45) is 2.65. The van der Waals surface area contributed by atoms with Crippen molar-refractivity contribution in [2.24, 2.45) is 0 Å². The van der Waals surface area contributed by atoms with Crippen LogP contribution >= 0.6 is 27.5 Å². The van der Waals surface area contributed by atoms with Crippen LogP contribution in [0.1, 0.15) is 12.8 Å². The van der Waals surface area contributed by atoms with Crippen molar-refractivity contribution < 1.29 is 4.74 Å². The molecule has 5 heteroatoms. The van der Waals surface area contributed by atoms with Crippen LogP contribution in [0.5, 0.6) is 5.75 Å². The molecule has 0 aliphatic carbocycles. The van der Waals surface area contributed by atoms with Crippen molar-refractivity contribution in [2.45, 2.75) is 12.8 Å². The van der Waals surface area contributed by atoms with E-state index in [1.807, 2.05) is 0 Å². The number of likely N-dealkylation sites (tertiary alicyclic amines) is 1. The zero-order valence-corrected chi connectivity index (χ0v) is 15.8. The summed E-state index contributed by atoms with van der Waals surface area (Å²) >= 11 is 5.01. The Balaban J connectivity index is 1.48. The normalized spacial score (nSPS) is 15.2. The van der Waals surface area contributed by atoms with Crippen molar-refractivity contribution in [1.29, 1.82) is 0 Å². The lowest BCUT2D eigenvalue weighted by atomic mass is 10.1. The van der Waals surface area contributed by atoms with E-state index in [0.717, 1.165) is 34.6 Å². The first-order chi connectivity index (χ1) is 11.8. The molecule has 1 saturated heterocycles. The summed E-state index contributed by atoms with van der Waals surface area (Å²) in [6.45, 7) is 4.20. The molecule has 24 heavy (non-hydrogen) atoms. The fourth-order valence-electron chi connectivity index (χ4n) is 3.12. The van der Waals surface area contributed by atoms with Crippen molar-refractivity contribution in [3.05, 3.63) is 46.9 Å². The third-order valence-corrected chi connectivity index (χ3v) is 5.77. The van der Waals surface area contributed by atoms with Crippen LogP contribution in [0.3, 0.4) is 0 Å². The van der Waals surface area contributed by atoms with Crippen LogP contribution in [0.15, 0.2) is 46.9 Å². The third-order valence-electron chi connectivity index (χ3n) is 4.44. The number of nitrogens with zero attached hydrogens (tertiary/aromatic N) is 2. The minimum atomic E-state index is 0.754. The molecule has 4 rings (SSSR count). The largest absolute Gasteiger partial charge is 0.492 e. The monoisotopic (exact) mass is 402 g/mol. The van der Waals surface area contributed by atoms with E-state index in [1.54, 1.807) is 0 Å². The molecule has 0 atom stereocenters. The summed E-state index contributed by atoms with van der Waals surface area (Å²) < 4.78 is 12.8. The van der Waals surface area contributed by atoms with Crippen LogP contribution in [0.2, 0.25) is 0 Å². The van der Waals surface area contributed by atoms with Gasteiger partial charge in [0, 0.05) is 22.0 Å². The molecule has 0 bridgehead atoms. The maximum Gasteiger partial charge on any atom is 0.120 e. The number of fused-ring (bicyclic) bond motifs is 1. The first-order valence-corrected chi connectivity index (χ1v) is 9.87. The van der Waals surface area contributed by atoms with Gasteiger partial charge in [0.05, 0.1) is 10.4 Å². The molecule has 1 fully saturated rings. The number of ether oxygens (including phenoxy) is 1. The molecule has 1 aliphatic rings. The van der Waals surface area contributed by atoms with Gasteiger partial charge in [-0.15, -0.1) is 0 Å². The van der Waals surface area contributed by atoms with E-state index < -0.39 is 0 Å². The predicted molar refractivity (Wildman–Crippen MR) is 104 cm³/mol. The number of halogens is 1. The molecule has 1 aromatic heterocycles. The molecular weight excluding hydrogens is 384 g/mol. The topological polar surface area (TPSA) is 25.4 Å². The van der Waals surface area contributed by atoms with Crippen LogP contribution in [-0.4, -0.2) is 35.5 Å². The van der Waals surface area contributed by atoms with Gasteiger partial charge in [0.2, 0.25) is 0 Å². The molecule has 0 amide bonds. The van der Waals surface area contributed by atoms with E-state index in [2.05, 4.69) is 67.7 Å². The van der Waals surface area contributed by atoms with E-state index in [1.165, 1.54) is 47.5 Å². The number of rotatable bonds is 5. The van der Waals surface area contributed by atoms with E-state index in [0.29, 0.717) is 0 Å². The zero-order chi connectivity index (χ0) is 16.4. The average molecular weight is 403 g/mol. The van der Waals surface area contributed by atoms with E-state index in [-0.39, 0.29) is 0 Å².